The molecule has 0 bridgehead atoms. The van der Waals surface area contributed by atoms with Gasteiger partial charge in [0.1, 0.15) is 0 Å². The summed E-state index contributed by atoms with van der Waals surface area (Å²) >= 11 is 5.22. The number of halogens is 1. The van der Waals surface area contributed by atoms with Crippen LogP contribution in [0.5, 0.6) is 0 Å². The molecule has 1 unspecified atom stereocenters. The minimum Gasteiger partial charge on any atom is -0.353 e. The van der Waals surface area contributed by atoms with Crippen LogP contribution < -0.4 is 5.32 Å². The molecule has 2 nitrogen and oxygen atoms in total. The number of rotatable bonds is 6. The summed E-state index contributed by atoms with van der Waals surface area (Å²) in [6.45, 7) is 2.04. The number of carbonyl (C=O) groups excluding carboxylic acids is 1. The van der Waals surface area contributed by atoms with Crippen molar-refractivity contribution in [2.75, 3.05) is 5.75 Å². The lowest BCUT2D eigenvalue weighted by Crippen LogP contribution is -2.35. The Hall–Kier alpha value is -1.26. The van der Waals surface area contributed by atoms with Gasteiger partial charge in [-0.15, -0.1) is 11.8 Å². The highest BCUT2D eigenvalue weighted by molar-refractivity contribution is 9.10. The quantitative estimate of drug-likeness (QED) is 0.775. The first kappa shape index (κ1) is 16.1. The molecule has 0 aliphatic rings. The second kappa shape index (κ2) is 8.25. The van der Waals surface area contributed by atoms with Gasteiger partial charge in [0.2, 0.25) is 5.91 Å². The molecular weight excluding hydrogens is 346 g/mol. The molecule has 0 saturated carbocycles. The molecule has 0 saturated heterocycles. The monoisotopic (exact) mass is 363 g/mol. The van der Waals surface area contributed by atoms with E-state index in [1.807, 2.05) is 49.4 Å². The Morgan fingerprint density at radius 2 is 1.81 bits per heavy atom. The third-order valence-corrected chi connectivity index (χ3v) is 5.01. The third kappa shape index (κ3) is 5.56. The summed E-state index contributed by atoms with van der Waals surface area (Å²) < 4.78 is 0.978. The molecule has 0 aromatic heterocycles. The molecule has 0 radical (unpaired) electrons. The van der Waals surface area contributed by atoms with Crippen LogP contribution in [0.1, 0.15) is 12.5 Å². The fraction of sp³-hybridized carbons (Fsp3) is 0.235. The molecule has 0 aliphatic carbocycles. The fourth-order valence-electron chi connectivity index (χ4n) is 1.92. The Labute approximate surface area is 138 Å². The van der Waals surface area contributed by atoms with Crippen molar-refractivity contribution in [2.24, 2.45) is 0 Å². The van der Waals surface area contributed by atoms with Crippen LogP contribution in [0.2, 0.25) is 0 Å². The second-order valence-corrected chi connectivity index (χ2v) is 6.81. The van der Waals surface area contributed by atoms with E-state index in [1.165, 1.54) is 4.90 Å². The lowest BCUT2D eigenvalue weighted by Gasteiger charge is -2.14. The smallest absolute Gasteiger partial charge is 0.224 e. The highest BCUT2D eigenvalue weighted by atomic mass is 79.9. The van der Waals surface area contributed by atoms with Crippen LogP contribution in [0.3, 0.4) is 0 Å². The van der Waals surface area contributed by atoms with Crippen LogP contribution in [-0.2, 0) is 11.2 Å². The summed E-state index contributed by atoms with van der Waals surface area (Å²) in [5, 5.41) is 3.05. The van der Waals surface area contributed by atoms with E-state index in [1.54, 1.807) is 11.8 Å². The van der Waals surface area contributed by atoms with E-state index in [-0.39, 0.29) is 11.9 Å². The SMILES string of the molecule is CC(CSc1ccccc1)NC(=O)Cc1ccccc1Br. The van der Waals surface area contributed by atoms with Crippen molar-refractivity contribution in [1.29, 1.82) is 0 Å². The Morgan fingerprint density at radius 1 is 1.14 bits per heavy atom. The molecule has 4 heteroatoms. The molecule has 2 rings (SSSR count). The lowest BCUT2D eigenvalue weighted by molar-refractivity contribution is -0.120. The lowest BCUT2D eigenvalue weighted by atomic mass is 10.1. The maximum absolute atomic E-state index is 12.0. The molecule has 1 atom stereocenters. The van der Waals surface area contributed by atoms with E-state index in [0.717, 1.165) is 15.8 Å². The first-order chi connectivity index (χ1) is 10.1. The predicted molar refractivity (Wildman–Crippen MR) is 92.6 cm³/mol. The van der Waals surface area contributed by atoms with E-state index in [9.17, 15) is 4.79 Å². The average molecular weight is 364 g/mol. The van der Waals surface area contributed by atoms with Crippen molar-refractivity contribution in [3.63, 3.8) is 0 Å². The molecule has 1 N–H and O–H groups in total. The third-order valence-electron chi connectivity index (χ3n) is 2.96. The minimum atomic E-state index is 0.0584. The fourth-order valence-corrected chi connectivity index (χ4v) is 3.22. The summed E-state index contributed by atoms with van der Waals surface area (Å²) in [4.78, 5) is 13.3. The maximum Gasteiger partial charge on any atom is 0.224 e. The number of nitrogens with one attached hydrogen (secondary N) is 1. The molecule has 21 heavy (non-hydrogen) atoms. The molecule has 0 aliphatic heterocycles. The summed E-state index contributed by atoms with van der Waals surface area (Å²) in [5.41, 5.74) is 1.01. The molecule has 2 aromatic carbocycles. The van der Waals surface area contributed by atoms with Crippen LogP contribution in [0.4, 0.5) is 0 Å². The standard InChI is InChI=1S/C17H18BrNOS/c1-13(12-21-15-8-3-2-4-9-15)19-17(20)11-14-7-5-6-10-16(14)18/h2-10,13H,11-12H2,1H3,(H,19,20). The first-order valence-corrected chi connectivity index (χ1v) is 8.63. The molecule has 0 spiro atoms. The molecule has 110 valence electrons. The highest BCUT2D eigenvalue weighted by Crippen LogP contribution is 2.18. The van der Waals surface area contributed by atoms with Crippen LogP contribution in [0.15, 0.2) is 64.0 Å². The number of carbonyl (C=O) groups is 1. The molecule has 1 amide bonds. The zero-order chi connectivity index (χ0) is 15.1. The number of benzene rings is 2. The predicted octanol–water partition coefficient (Wildman–Crippen LogP) is 4.29. The summed E-state index contributed by atoms with van der Waals surface area (Å²) in [6, 6.07) is 18.2. The first-order valence-electron chi connectivity index (χ1n) is 6.86. The Balaban J connectivity index is 1.78. The van der Waals surface area contributed by atoms with Crippen molar-refractivity contribution in [2.45, 2.75) is 24.3 Å². The van der Waals surface area contributed by atoms with Crippen molar-refractivity contribution in [1.82, 2.24) is 5.32 Å². The zero-order valence-corrected chi connectivity index (χ0v) is 14.3. The van der Waals surface area contributed by atoms with Gasteiger partial charge in [0.15, 0.2) is 0 Å². The maximum atomic E-state index is 12.0. The summed E-state index contributed by atoms with van der Waals surface area (Å²) in [7, 11) is 0. The van der Waals surface area contributed by atoms with Gasteiger partial charge in [0.25, 0.3) is 0 Å². The average Bonchev–Trinajstić information content (AvgIpc) is 2.48. The van der Waals surface area contributed by atoms with Crippen molar-refractivity contribution < 1.29 is 4.79 Å². The van der Waals surface area contributed by atoms with Gasteiger partial charge in [0, 0.05) is 21.2 Å². The van der Waals surface area contributed by atoms with Crippen LogP contribution in [0.25, 0.3) is 0 Å². The van der Waals surface area contributed by atoms with Crippen molar-refractivity contribution in [3.8, 4) is 0 Å². The van der Waals surface area contributed by atoms with Gasteiger partial charge in [-0.25, -0.2) is 0 Å². The Kier molecular flexibility index (Phi) is 6.33. The Morgan fingerprint density at radius 3 is 2.52 bits per heavy atom. The summed E-state index contributed by atoms with van der Waals surface area (Å²) in [6.07, 6.45) is 0.405. The van der Waals surface area contributed by atoms with Crippen molar-refractivity contribution >= 4 is 33.6 Å². The van der Waals surface area contributed by atoms with Gasteiger partial charge in [-0.1, -0.05) is 52.3 Å². The Bertz CT molecular complexity index is 588. The minimum absolute atomic E-state index is 0.0584. The van der Waals surface area contributed by atoms with E-state index >= 15 is 0 Å². The van der Waals surface area contributed by atoms with Gasteiger partial charge in [-0.3, -0.25) is 4.79 Å². The van der Waals surface area contributed by atoms with Crippen LogP contribution in [0, 0.1) is 0 Å². The van der Waals surface area contributed by atoms with Gasteiger partial charge < -0.3 is 5.32 Å². The van der Waals surface area contributed by atoms with E-state index in [4.69, 9.17) is 0 Å². The van der Waals surface area contributed by atoms with Gasteiger partial charge in [0.05, 0.1) is 6.42 Å². The number of thioether (sulfide) groups is 1. The van der Waals surface area contributed by atoms with Crippen molar-refractivity contribution in [3.05, 3.63) is 64.6 Å². The molecule has 0 fully saturated rings. The van der Waals surface area contributed by atoms with E-state index < -0.39 is 0 Å². The van der Waals surface area contributed by atoms with E-state index in [0.29, 0.717) is 6.42 Å². The number of hydrogen-bond donors (Lipinski definition) is 1. The van der Waals surface area contributed by atoms with Gasteiger partial charge >= 0.3 is 0 Å². The van der Waals surface area contributed by atoms with Crippen LogP contribution >= 0.6 is 27.7 Å². The second-order valence-electron chi connectivity index (χ2n) is 4.86. The summed E-state index contributed by atoms with van der Waals surface area (Å²) in [5.74, 6) is 0.925. The van der Waals surface area contributed by atoms with Crippen LogP contribution in [-0.4, -0.2) is 17.7 Å². The van der Waals surface area contributed by atoms with Gasteiger partial charge in [-0.2, -0.15) is 0 Å². The van der Waals surface area contributed by atoms with E-state index in [2.05, 4.69) is 33.4 Å². The molecule has 0 heterocycles. The normalized spacial score (nSPS) is 11.9. The molecular formula is C17H18BrNOS. The largest absolute Gasteiger partial charge is 0.353 e. The number of amides is 1. The highest BCUT2D eigenvalue weighted by Gasteiger charge is 2.10. The van der Waals surface area contributed by atoms with Gasteiger partial charge in [-0.05, 0) is 30.7 Å². The topological polar surface area (TPSA) is 29.1 Å². The number of hydrogen-bond acceptors (Lipinski definition) is 2. The molecule has 2 aromatic rings. The zero-order valence-electron chi connectivity index (χ0n) is 11.9.